The lowest BCUT2D eigenvalue weighted by Gasteiger charge is -2.21. The fraction of sp³-hybridized carbons (Fsp3) is 0.571. The van der Waals surface area contributed by atoms with Crippen LogP contribution in [0, 0.1) is 12.8 Å². The summed E-state index contributed by atoms with van der Waals surface area (Å²) in [7, 11) is 0. The normalized spacial score (nSPS) is 28.7. The van der Waals surface area contributed by atoms with Gasteiger partial charge in [0.1, 0.15) is 0 Å². The third-order valence-electron chi connectivity index (χ3n) is 4.12. The van der Waals surface area contributed by atoms with Gasteiger partial charge in [-0.2, -0.15) is 13.2 Å². The fourth-order valence-electron chi connectivity index (χ4n) is 2.90. The van der Waals surface area contributed by atoms with Crippen LogP contribution in [0.5, 0.6) is 0 Å². The third kappa shape index (κ3) is 2.39. The van der Waals surface area contributed by atoms with Gasteiger partial charge < -0.3 is 5.73 Å². The van der Waals surface area contributed by atoms with E-state index in [-0.39, 0.29) is 6.04 Å². The molecule has 1 aromatic rings. The van der Waals surface area contributed by atoms with Crippen LogP contribution in [-0.4, -0.2) is 6.04 Å². The first kappa shape index (κ1) is 13.4. The van der Waals surface area contributed by atoms with Crippen LogP contribution in [-0.2, 0) is 6.18 Å². The second-order valence-electron chi connectivity index (χ2n) is 5.28. The van der Waals surface area contributed by atoms with Crippen molar-refractivity contribution in [2.45, 2.75) is 44.8 Å². The van der Waals surface area contributed by atoms with Gasteiger partial charge in [-0.1, -0.05) is 13.0 Å². The summed E-state index contributed by atoms with van der Waals surface area (Å²) in [5, 5.41) is 0. The zero-order chi connectivity index (χ0) is 13.5. The topological polar surface area (TPSA) is 26.0 Å². The molecule has 1 nitrogen and oxygen atoms in total. The number of aryl methyl sites for hydroxylation is 1. The molecule has 0 heterocycles. The minimum Gasteiger partial charge on any atom is -0.327 e. The molecule has 1 aliphatic carbocycles. The molecule has 0 saturated heterocycles. The van der Waals surface area contributed by atoms with E-state index < -0.39 is 11.7 Å². The van der Waals surface area contributed by atoms with Gasteiger partial charge in [-0.05, 0) is 54.9 Å². The van der Waals surface area contributed by atoms with E-state index >= 15 is 0 Å². The van der Waals surface area contributed by atoms with Gasteiger partial charge in [0.2, 0.25) is 0 Å². The molecule has 1 aromatic carbocycles. The molecular weight excluding hydrogens is 239 g/mol. The van der Waals surface area contributed by atoms with E-state index in [1.165, 1.54) is 12.1 Å². The lowest BCUT2D eigenvalue weighted by molar-refractivity contribution is -0.137. The first-order valence-corrected chi connectivity index (χ1v) is 6.24. The minimum atomic E-state index is -4.26. The summed E-state index contributed by atoms with van der Waals surface area (Å²) in [6.45, 7) is 3.83. The Morgan fingerprint density at radius 1 is 1.22 bits per heavy atom. The molecule has 3 atom stereocenters. The maximum atomic E-state index is 12.6. The monoisotopic (exact) mass is 257 g/mol. The molecule has 18 heavy (non-hydrogen) atoms. The van der Waals surface area contributed by atoms with Crippen LogP contribution in [0.25, 0.3) is 0 Å². The van der Waals surface area contributed by atoms with Crippen molar-refractivity contribution in [3.05, 3.63) is 34.9 Å². The highest BCUT2D eigenvalue weighted by Crippen LogP contribution is 2.41. The Bertz CT molecular complexity index is 439. The second-order valence-corrected chi connectivity index (χ2v) is 5.28. The molecule has 0 aliphatic heterocycles. The van der Waals surface area contributed by atoms with E-state index in [4.69, 9.17) is 5.73 Å². The van der Waals surface area contributed by atoms with E-state index in [0.29, 0.717) is 11.8 Å². The Labute approximate surface area is 105 Å². The van der Waals surface area contributed by atoms with E-state index in [9.17, 15) is 13.2 Å². The van der Waals surface area contributed by atoms with Crippen molar-refractivity contribution < 1.29 is 13.2 Å². The number of hydrogen-bond donors (Lipinski definition) is 1. The minimum absolute atomic E-state index is 0.164. The van der Waals surface area contributed by atoms with E-state index in [1.807, 2.05) is 0 Å². The van der Waals surface area contributed by atoms with Gasteiger partial charge in [0, 0.05) is 6.04 Å². The van der Waals surface area contributed by atoms with Gasteiger partial charge in [0.25, 0.3) is 0 Å². The summed E-state index contributed by atoms with van der Waals surface area (Å²) in [5.74, 6) is 0.628. The van der Waals surface area contributed by atoms with Gasteiger partial charge in [-0.3, -0.25) is 0 Å². The first-order chi connectivity index (χ1) is 8.30. The molecule has 2 N–H and O–H groups in total. The number of nitrogens with two attached hydrogens (primary N) is 1. The molecule has 4 heteroatoms. The summed E-state index contributed by atoms with van der Waals surface area (Å²) in [5.41, 5.74) is 7.14. The summed E-state index contributed by atoms with van der Waals surface area (Å²) >= 11 is 0. The van der Waals surface area contributed by atoms with Crippen LogP contribution in [0.15, 0.2) is 18.2 Å². The van der Waals surface area contributed by atoms with E-state index in [2.05, 4.69) is 6.92 Å². The van der Waals surface area contributed by atoms with Crippen molar-refractivity contribution in [2.24, 2.45) is 11.7 Å². The van der Waals surface area contributed by atoms with Crippen molar-refractivity contribution in [3.63, 3.8) is 0 Å². The molecule has 0 bridgehead atoms. The number of benzene rings is 1. The Kier molecular flexibility index (Phi) is 3.41. The number of halogens is 3. The quantitative estimate of drug-likeness (QED) is 0.812. The average molecular weight is 257 g/mol. The lowest BCUT2D eigenvalue weighted by atomic mass is 9.86. The van der Waals surface area contributed by atoms with Gasteiger partial charge >= 0.3 is 6.18 Å². The van der Waals surface area contributed by atoms with Crippen molar-refractivity contribution in [3.8, 4) is 0 Å². The van der Waals surface area contributed by atoms with Gasteiger partial charge in [-0.25, -0.2) is 0 Å². The summed E-state index contributed by atoms with van der Waals surface area (Å²) in [4.78, 5) is 0. The van der Waals surface area contributed by atoms with Crippen LogP contribution in [0.1, 0.15) is 42.4 Å². The molecular formula is C14H18F3N. The van der Waals surface area contributed by atoms with Gasteiger partial charge in [-0.15, -0.1) is 0 Å². The van der Waals surface area contributed by atoms with Crippen LogP contribution < -0.4 is 5.73 Å². The van der Waals surface area contributed by atoms with Crippen LogP contribution in [0.2, 0.25) is 0 Å². The Hall–Kier alpha value is -1.03. The predicted molar refractivity (Wildman–Crippen MR) is 65.3 cm³/mol. The standard InChI is InChI=1S/C14H18F3N/c1-8-7-10(14(15,16)17)3-4-11(8)12-5-6-13(18)9(12)2/h3-4,7,9,12-13H,5-6,18H2,1-2H3. The highest BCUT2D eigenvalue weighted by atomic mass is 19.4. The highest BCUT2D eigenvalue weighted by Gasteiger charge is 2.34. The Balaban J connectivity index is 2.31. The maximum Gasteiger partial charge on any atom is 0.416 e. The zero-order valence-corrected chi connectivity index (χ0v) is 10.6. The molecule has 0 radical (unpaired) electrons. The lowest BCUT2D eigenvalue weighted by Crippen LogP contribution is -2.24. The van der Waals surface area contributed by atoms with Crippen LogP contribution in [0.3, 0.4) is 0 Å². The second kappa shape index (κ2) is 4.57. The van der Waals surface area contributed by atoms with Crippen molar-refractivity contribution in [1.82, 2.24) is 0 Å². The van der Waals surface area contributed by atoms with Crippen LogP contribution >= 0.6 is 0 Å². The summed E-state index contributed by atoms with van der Waals surface area (Å²) < 4.78 is 37.8. The molecule has 2 rings (SSSR count). The molecule has 1 aliphatic rings. The zero-order valence-electron chi connectivity index (χ0n) is 10.6. The molecule has 3 unspecified atom stereocenters. The largest absolute Gasteiger partial charge is 0.416 e. The molecule has 1 fully saturated rings. The maximum absolute atomic E-state index is 12.6. The molecule has 0 amide bonds. The molecule has 1 saturated carbocycles. The van der Waals surface area contributed by atoms with E-state index in [1.54, 1.807) is 13.0 Å². The molecule has 0 spiro atoms. The SMILES string of the molecule is Cc1cc(C(F)(F)F)ccc1C1CCC(N)C1C. The van der Waals surface area contributed by atoms with Crippen molar-refractivity contribution in [2.75, 3.05) is 0 Å². The van der Waals surface area contributed by atoms with Crippen molar-refractivity contribution >= 4 is 0 Å². The number of hydrogen-bond acceptors (Lipinski definition) is 1. The smallest absolute Gasteiger partial charge is 0.327 e. The first-order valence-electron chi connectivity index (χ1n) is 6.24. The van der Waals surface area contributed by atoms with Gasteiger partial charge in [0.15, 0.2) is 0 Å². The van der Waals surface area contributed by atoms with Crippen LogP contribution in [0.4, 0.5) is 13.2 Å². The molecule has 100 valence electrons. The van der Waals surface area contributed by atoms with Crippen molar-refractivity contribution in [1.29, 1.82) is 0 Å². The predicted octanol–water partition coefficient (Wildman–Crippen LogP) is 3.85. The number of rotatable bonds is 1. The van der Waals surface area contributed by atoms with E-state index in [0.717, 1.165) is 24.0 Å². The Morgan fingerprint density at radius 3 is 2.33 bits per heavy atom. The number of alkyl halides is 3. The highest BCUT2D eigenvalue weighted by molar-refractivity contribution is 5.36. The fourth-order valence-corrected chi connectivity index (χ4v) is 2.90. The summed E-state index contributed by atoms with van der Waals surface area (Å²) in [6, 6.07) is 4.21. The molecule has 0 aromatic heterocycles. The average Bonchev–Trinajstić information content (AvgIpc) is 2.59. The third-order valence-corrected chi connectivity index (χ3v) is 4.12. The summed E-state index contributed by atoms with van der Waals surface area (Å²) in [6.07, 6.45) is -2.35. The Morgan fingerprint density at radius 2 is 1.89 bits per heavy atom. The van der Waals surface area contributed by atoms with Gasteiger partial charge in [0.05, 0.1) is 5.56 Å².